The van der Waals surface area contributed by atoms with E-state index in [1.165, 1.54) is 16.4 Å². The molecule has 2 aliphatic rings. The molecule has 1 aromatic heterocycles. The molecule has 2 aromatic rings. The number of aliphatic hydroxyl groups excluding tert-OH is 3. The molecule has 0 radical (unpaired) electrons. The first-order valence-electron chi connectivity index (χ1n) is 12.9. The van der Waals surface area contributed by atoms with Gasteiger partial charge in [-0.25, -0.2) is 9.78 Å². The molecule has 2 saturated heterocycles. The number of amides is 1. The zero-order chi connectivity index (χ0) is 30.5. The molecule has 0 aliphatic carbocycles. The smallest absolute Gasteiger partial charge is 0.337 e. The zero-order valence-corrected chi connectivity index (χ0v) is 23.3. The SMILES string of the molecule is COc1ccc([C@@H]2CN(C(=O)[C@@H](O)CO)C[C@@]2(C)[C@@H](C)O)cc1OC1CN(c2cc(C)c(C(=O)O)cn2)C1.O=NO. The Bertz CT molecular complexity index is 1250. The number of carbonyl (C=O) groups excluding carboxylic acids is 1. The van der Waals surface area contributed by atoms with Gasteiger partial charge >= 0.3 is 5.97 Å². The maximum absolute atomic E-state index is 12.6. The predicted octanol–water partition coefficient (Wildman–Crippen LogP) is 1.17. The number of aromatic carboxylic acids is 1. The number of hydrogen-bond acceptors (Lipinski definition) is 11. The molecule has 2 fully saturated rings. The van der Waals surface area contributed by atoms with E-state index in [4.69, 9.17) is 19.6 Å². The van der Waals surface area contributed by atoms with E-state index in [-0.39, 0.29) is 30.7 Å². The van der Waals surface area contributed by atoms with Gasteiger partial charge in [-0.15, -0.1) is 4.91 Å². The van der Waals surface area contributed by atoms with Gasteiger partial charge in [-0.2, -0.15) is 0 Å². The molecule has 0 saturated carbocycles. The van der Waals surface area contributed by atoms with Gasteiger partial charge in [0, 0.05) is 30.6 Å². The standard InChI is InChI=1S/C27H35N3O8.HNO2/c1-15-7-24(28-9-19(15)26(35)36)29-10-18(11-29)38-23-8-17(5-6-22(23)37-4)20-12-30(25(34)21(33)13-31)14-27(20,3)16(2)32;2-1-3/h5-9,16,18,20-21,31-33H,10-14H2,1-4H3,(H,35,36);(H,2,3)/t16-,20+,21+,27+;/m1./s1. The average Bonchev–Trinajstić information content (AvgIpc) is 3.28. The van der Waals surface area contributed by atoms with Crippen molar-refractivity contribution in [1.29, 1.82) is 0 Å². The van der Waals surface area contributed by atoms with Crippen molar-refractivity contribution in [3.8, 4) is 11.5 Å². The summed E-state index contributed by atoms with van der Waals surface area (Å²) in [7, 11) is 1.55. The Morgan fingerprint density at radius 1 is 1.20 bits per heavy atom. The number of rotatable bonds is 9. The fourth-order valence-corrected chi connectivity index (χ4v) is 5.20. The van der Waals surface area contributed by atoms with Crippen LogP contribution in [0.15, 0.2) is 35.8 Å². The van der Waals surface area contributed by atoms with E-state index in [2.05, 4.69) is 4.98 Å². The number of carboxylic acid groups (broad SMARTS) is 1. The molecule has 0 bridgehead atoms. The number of anilines is 1. The van der Waals surface area contributed by atoms with E-state index in [9.17, 15) is 30.0 Å². The number of carbonyl (C=O) groups is 2. The number of ether oxygens (including phenoxy) is 2. The quantitative estimate of drug-likeness (QED) is 0.211. The summed E-state index contributed by atoms with van der Waals surface area (Å²) in [5.74, 6) is -0.0588. The number of carboxylic acids is 1. The van der Waals surface area contributed by atoms with Crippen LogP contribution in [0.1, 0.15) is 41.3 Å². The van der Waals surface area contributed by atoms with Gasteiger partial charge in [0.2, 0.25) is 0 Å². The summed E-state index contributed by atoms with van der Waals surface area (Å²) in [6.45, 7) is 6.29. The minimum Gasteiger partial charge on any atom is -0.493 e. The first-order chi connectivity index (χ1) is 19.4. The number of methoxy groups -OCH3 is 1. The molecular formula is C27H36N4O10. The Morgan fingerprint density at radius 2 is 1.85 bits per heavy atom. The molecule has 3 heterocycles. The summed E-state index contributed by atoms with van der Waals surface area (Å²) in [6, 6.07) is 7.30. The molecule has 1 amide bonds. The maximum atomic E-state index is 12.6. The van der Waals surface area contributed by atoms with Crippen molar-refractivity contribution in [2.45, 2.75) is 45.0 Å². The first-order valence-corrected chi connectivity index (χ1v) is 12.9. The minimum atomic E-state index is -1.50. The summed E-state index contributed by atoms with van der Waals surface area (Å²) < 4.78 is 11.8. The fraction of sp³-hybridized carbons (Fsp3) is 0.519. The van der Waals surface area contributed by atoms with Gasteiger partial charge < -0.3 is 44.9 Å². The van der Waals surface area contributed by atoms with Crippen LogP contribution in [-0.4, -0.2) is 106 Å². The number of aryl methyl sites for hydroxylation is 1. The Hall–Kier alpha value is -4.01. The molecule has 224 valence electrons. The third-order valence-electron chi connectivity index (χ3n) is 7.84. The highest BCUT2D eigenvalue weighted by Crippen LogP contribution is 2.47. The summed E-state index contributed by atoms with van der Waals surface area (Å²) in [5.41, 5.74) is 0.981. The molecule has 14 nitrogen and oxygen atoms in total. The molecule has 4 rings (SSSR count). The average molecular weight is 577 g/mol. The molecule has 4 atom stereocenters. The van der Waals surface area contributed by atoms with Crippen molar-refractivity contribution < 1.29 is 44.7 Å². The number of nitrogens with zero attached hydrogens (tertiary/aromatic N) is 4. The van der Waals surface area contributed by atoms with Crippen molar-refractivity contribution in [3.05, 3.63) is 52.1 Å². The number of pyridine rings is 1. The van der Waals surface area contributed by atoms with Crippen molar-refractivity contribution >= 4 is 17.7 Å². The van der Waals surface area contributed by atoms with Gasteiger partial charge in [0.25, 0.3) is 5.91 Å². The molecule has 0 unspecified atom stereocenters. The highest BCUT2D eigenvalue weighted by atomic mass is 16.6. The van der Waals surface area contributed by atoms with Crippen LogP contribution in [0.4, 0.5) is 5.82 Å². The lowest BCUT2D eigenvalue weighted by Crippen LogP contribution is -2.54. The van der Waals surface area contributed by atoms with Crippen molar-refractivity contribution in [2.75, 3.05) is 44.8 Å². The van der Waals surface area contributed by atoms with E-state index in [0.29, 0.717) is 36.0 Å². The van der Waals surface area contributed by atoms with E-state index in [1.807, 2.05) is 24.0 Å². The van der Waals surface area contributed by atoms with Crippen molar-refractivity contribution in [3.63, 3.8) is 0 Å². The Labute approximate surface area is 236 Å². The van der Waals surface area contributed by atoms with E-state index < -0.39 is 36.1 Å². The van der Waals surface area contributed by atoms with Gasteiger partial charge in [-0.1, -0.05) is 13.0 Å². The molecule has 14 heteroatoms. The van der Waals surface area contributed by atoms with Crippen LogP contribution in [0.25, 0.3) is 0 Å². The van der Waals surface area contributed by atoms with Gasteiger partial charge in [-0.3, -0.25) is 4.79 Å². The highest BCUT2D eigenvalue weighted by molar-refractivity contribution is 5.89. The number of aromatic nitrogens is 1. The number of hydrogen-bond donors (Lipinski definition) is 5. The lowest BCUT2D eigenvalue weighted by Gasteiger charge is -2.40. The summed E-state index contributed by atoms with van der Waals surface area (Å²) in [4.78, 5) is 39.7. The second-order valence-electron chi connectivity index (χ2n) is 10.5. The molecular weight excluding hydrogens is 540 g/mol. The van der Waals surface area contributed by atoms with Gasteiger partial charge in [0.05, 0.1) is 38.5 Å². The lowest BCUT2D eigenvalue weighted by molar-refractivity contribution is -0.141. The van der Waals surface area contributed by atoms with Crippen LogP contribution in [0.3, 0.4) is 0 Å². The van der Waals surface area contributed by atoms with E-state index in [0.717, 1.165) is 5.56 Å². The van der Waals surface area contributed by atoms with E-state index in [1.54, 1.807) is 33.1 Å². The fourth-order valence-electron chi connectivity index (χ4n) is 5.20. The third-order valence-corrected chi connectivity index (χ3v) is 7.84. The summed E-state index contributed by atoms with van der Waals surface area (Å²) in [6.07, 6.45) is -1.03. The Morgan fingerprint density at radius 3 is 2.39 bits per heavy atom. The van der Waals surface area contributed by atoms with Gasteiger partial charge in [0.15, 0.2) is 22.9 Å². The number of likely N-dealkylation sites (tertiary alicyclic amines) is 1. The summed E-state index contributed by atoms with van der Waals surface area (Å²) >= 11 is 0. The minimum absolute atomic E-state index is 0.148. The second-order valence-corrected chi connectivity index (χ2v) is 10.5. The molecule has 2 aliphatic heterocycles. The van der Waals surface area contributed by atoms with Crippen LogP contribution >= 0.6 is 0 Å². The monoisotopic (exact) mass is 576 g/mol. The maximum Gasteiger partial charge on any atom is 0.337 e. The highest BCUT2D eigenvalue weighted by Gasteiger charge is 2.49. The lowest BCUT2D eigenvalue weighted by atomic mass is 9.72. The Kier molecular flexibility index (Phi) is 10.1. The Balaban J connectivity index is 0.00000147. The van der Waals surface area contributed by atoms with Crippen LogP contribution in [0.2, 0.25) is 0 Å². The number of benzene rings is 1. The van der Waals surface area contributed by atoms with Crippen LogP contribution < -0.4 is 14.4 Å². The topological polar surface area (TPSA) is 203 Å². The normalized spacial score (nSPS) is 21.7. The van der Waals surface area contributed by atoms with Gasteiger partial charge in [0.1, 0.15) is 11.9 Å². The van der Waals surface area contributed by atoms with Gasteiger partial charge in [-0.05, 0) is 43.2 Å². The molecule has 1 aromatic carbocycles. The van der Waals surface area contributed by atoms with Crippen molar-refractivity contribution in [1.82, 2.24) is 9.88 Å². The van der Waals surface area contributed by atoms with Crippen LogP contribution in [0, 0.1) is 17.2 Å². The predicted molar refractivity (Wildman–Crippen MR) is 145 cm³/mol. The van der Waals surface area contributed by atoms with E-state index >= 15 is 0 Å². The molecule has 41 heavy (non-hydrogen) atoms. The second kappa shape index (κ2) is 13.1. The molecule has 0 spiro atoms. The van der Waals surface area contributed by atoms with Crippen LogP contribution in [0.5, 0.6) is 11.5 Å². The van der Waals surface area contributed by atoms with Crippen molar-refractivity contribution in [2.24, 2.45) is 10.8 Å². The largest absolute Gasteiger partial charge is 0.493 e. The summed E-state index contributed by atoms with van der Waals surface area (Å²) in [5, 5.41) is 46.9. The van der Waals surface area contributed by atoms with Crippen LogP contribution in [-0.2, 0) is 4.79 Å². The zero-order valence-electron chi connectivity index (χ0n) is 23.3. The number of aliphatic hydroxyl groups is 3. The molecule has 5 N–H and O–H groups in total. The first kappa shape index (κ1) is 31.5. The third kappa shape index (κ3) is 6.66.